The summed E-state index contributed by atoms with van der Waals surface area (Å²) in [6, 6.07) is 15.9. The van der Waals surface area contributed by atoms with Gasteiger partial charge in [-0.05, 0) is 53.1 Å². The first-order chi connectivity index (χ1) is 24.0. The van der Waals surface area contributed by atoms with E-state index in [9.17, 15) is 35.4 Å². The molecule has 3 heterocycles. The molecule has 3 aromatic carbocycles. The predicted molar refractivity (Wildman–Crippen MR) is 169 cm³/mol. The smallest absolute Gasteiger partial charge is 0.310 e. The van der Waals surface area contributed by atoms with Crippen LogP contribution in [0, 0.1) is 11.8 Å². The Kier molecular flexibility index (Phi) is 10.7. The lowest BCUT2D eigenvalue weighted by molar-refractivity contribution is -0.342. The van der Waals surface area contributed by atoms with Crippen LogP contribution in [0.3, 0.4) is 0 Å². The average Bonchev–Trinajstić information content (AvgIpc) is 3.66. The van der Waals surface area contributed by atoms with Gasteiger partial charge >= 0.3 is 5.97 Å². The predicted octanol–water partition coefficient (Wildman–Crippen LogP) is 1.45. The SMILES string of the molecule is COc1ccc(CC(=O)OCC2OC(OC3OC(c4ccc(O)c(OC)c4)C4C(O)OC(c5ccc(O)c(OC)c5)C34)C(O)C(O)C2O)cc1. The second-order valence-corrected chi connectivity index (χ2v) is 12.2. The zero-order chi connectivity index (χ0) is 35.7. The number of hydrogen-bond acceptors (Lipinski definition) is 15. The Morgan fingerprint density at radius 2 is 1.28 bits per heavy atom. The topological polar surface area (TPSA) is 212 Å². The number of hydrogen-bond donors (Lipinski definition) is 6. The van der Waals surface area contributed by atoms with Crippen molar-refractivity contribution < 1.29 is 73.3 Å². The van der Waals surface area contributed by atoms with Gasteiger partial charge in [-0.2, -0.15) is 0 Å². The molecule has 270 valence electrons. The number of phenolic OH excluding ortho intramolecular Hbond substituents is 2. The standard InChI is InChI=1S/C35H40O15/c1-43-19-8-4-16(5-9-19)12-25(38)46-15-24-28(39)29(40)30(41)35(47-24)50-34-27-26(31(49-34)17-6-10-20(36)22(13-17)44-2)33(42)48-32(27)18-7-11-21(37)23(14-18)45-3/h4-11,13-14,24,26-37,39-42H,12,15H2,1-3H3. The minimum absolute atomic E-state index is 0.0773. The van der Waals surface area contributed by atoms with E-state index in [0.717, 1.165) is 0 Å². The van der Waals surface area contributed by atoms with Gasteiger partial charge in [0, 0.05) is 0 Å². The molecule has 6 rings (SSSR count). The number of methoxy groups -OCH3 is 3. The number of carbonyl (C=O) groups excluding carboxylic acids is 1. The zero-order valence-corrected chi connectivity index (χ0v) is 27.4. The lowest BCUT2D eigenvalue weighted by atomic mass is 9.83. The van der Waals surface area contributed by atoms with E-state index < -0.39 is 79.9 Å². The number of aromatic hydroxyl groups is 2. The van der Waals surface area contributed by atoms with Crippen molar-refractivity contribution in [1.29, 1.82) is 0 Å². The van der Waals surface area contributed by atoms with E-state index >= 15 is 0 Å². The number of fused-ring (bicyclic) bond motifs is 1. The van der Waals surface area contributed by atoms with Crippen molar-refractivity contribution in [2.24, 2.45) is 11.8 Å². The monoisotopic (exact) mass is 700 g/mol. The maximum Gasteiger partial charge on any atom is 0.310 e. The Hall–Kier alpha value is -4.19. The number of ether oxygens (including phenoxy) is 8. The van der Waals surface area contributed by atoms with Crippen LogP contribution in [0.25, 0.3) is 0 Å². The molecule has 0 aromatic heterocycles. The number of carbonyl (C=O) groups is 1. The summed E-state index contributed by atoms with van der Waals surface area (Å²) >= 11 is 0. The zero-order valence-electron chi connectivity index (χ0n) is 27.4. The number of aliphatic hydroxyl groups is 4. The minimum atomic E-state index is -1.76. The van der Waals surface area contributed by atoms with Crippen LogP contribution in [0.2, 0.25) is 0 Å². The molecule has 15 nitrogen and oxygen atoms in total. The average molecular weight is 701 g/mol. The van der Waals surface area contributed by atoms with Gasteiger partial charge in [0.1, 0.15) is 36.8 Å². The largest absolute Gasteiger partial charge is 0.504 e. The molecule has 0 bridgehead atoms. The summed E-state index contributed by atoms with van der Waals surface area (Å²) in [5, 5.41) is 64.1. The molecule has 0 radical (unpaired) electrons. The summed E-state index contributed by atoms with van der Waals surface area (Å²) in [6.45, 7) is -0.467. The molecule has 3 aromatic rings. The van der Waals surface area contributed by atoms with Crippen molar-refractivity contribution in [3.8, 4) is 28.7 Å². The molecule has 11 atom stereocenters. The summed E-state index contributed by atoms with van der Waals surface area (Å²) in [6.07, 6.45) is -12.5. The Morgan fingerprint density at radius 3 is 1.86 bits per heavy atom. The van der Waals surface area contributed by atoms with Crippen molar-refractivity contribution in [2.45, 2.75) is 61.9 Å². The second kappa shape index (κ2) is 15.0. The van der Waals surface area contributed by atoms with Gasteiger partial charge in [0.05, 0.1) is 51.8 Å². The van der Waals surface area contributed by atoms with Crippen molar-refractivity contribution in [3.63, 3.8) is 0 Å². The fourth-order valence-corrected chi connectivity index (χ4v) is 6.63. The molecule has 50 heavy (non-hydrogen) atoms. The van der Waals surface area contributed by atoms with Gasteiger partial charge in [-0.15, -0.1) is 0 Å². The third-order valence-corrected chi connectivity index (χ3v) is 9.27. The first kappa shape index (κ1) is 35.6. The normalized spacial score (nSPS) is 31.9. The summed E-state index contributed by atoms with van der Waals surface area (Å²) in [5.74, 6) is -1.45. The molecule has 0 saturated carbocycles. The third-order valence-electron chi connectivity index (χ3n) is 9.27. The molecule has 0 spiro atoms. The number of esters is 1. The van der Waals surface area contributed by atoms with Crippen molar-refractivity contribution in [2.75, 3.05) is 27.9 Å². The van der Waals surface area contributed by atoms with Crippen LogP contribution >= 0.6 is 0 Å². The van der Waals surface area contributed by atoms with E-state index in [2.05, 4.69) is 0 Å². The first-order valence-corrected chi connectivity index (χ1v) is 15.9. The molecule has 3 aliphatic heterocycles. The van der Waals surface area contributed by atoms with Gasteiger partial charge in [0.2, 0.25) is 0 Å². The summed E-state index contributed by atoms with van der Waals surface area (Å²) in [5.41, 5.74) is 1.68. The molecule has 3 fully saturated rings. The highest BCUT2D eigenvalue weighted by molar-refractivity contribution is 5.72. The summed E-state index contributed by atoms with van der Waals surface area (Å²) in [7, 11) is 4.30. The fourth-order valence-electron chi connectivity index (χ4n) is 6.63. The Labute approximate surface area is 287 Å². The quantitative estimate of drug-likeness (QED) is 0.156. The highest BCUT2D eigenvalue weighted by Crippen LogP contribution is 2.57. The number of rotatable bonds is 11. The first-order valence-electron chi connectivity index (χ1n) is 15.9. The molecular weight excluding hydrogens is 660 g/mol. The van der Waals surface area contributed by atoms with Crippen LogP contribution in [0.5, 0.6) is 28.7 Å². The van der Waals surface area contributed by atoms with Crippen LogP contribution in [-0.2, 0) is 34.9 Å². The highest BCUT2D eigenvalue weighted by Gasteiger charge is 2.60. The third kappa shape index (κ3) is 7.04. The summed E-state index contributed by atoms with van der Waals surface area (Å²) in [4.78, 5) is 12.6. The van der Waals surface area contributed by atoms with Crippen LogP contribution in [0.4, 0.5) is 0 Å². The van der Waals surface area contributed by atoms with Crippen molar-refractivity contribution in [1.82, 2.24) is 0 Å². The number of benzene rings is 3. The van der Waals surface area contributed by atoms with Gasteiger partial charge in [-0.25, -0.2) is 0 Å². The molecule has 11 unspecified atom stereocenters. The fraction of sp³-hybridized carbons (Fsp3) is 0.457. The van der Waals surface area contributed by atoms with E-state index in [0.29, 0.717) is 22.4 Å². The molecule has 15 heteroatoms. The van der Waals surface area contributed by atoms with Crippen molar-refractivity contribution in [3.05, 3.63) is 77.4 Å². The molecule has 6 N–H and O–H groups in total. The van der Waals surface area contributed by atoms with Gasteiger partial charge in [0.15, 0.2) is 41.9 Å². The minimum Gasteiger partial charge on any atom is -0.504 e. The molecular formula is C35H40O15. The second-order valence-electron chi connectivity index (χ2n) is 12.2. The van der Waals surface area contributed by atoms with Crippen LogP contribution < -0.4 is 14.2 Å². The molecule has 3 saturated heterocycles. The van der Waals surface area contributed by atoms with Gasteiger partial charge in [0.25, 0.3) is 0 Å². The lowest BCUT2D eigenvalue weighted by Gasteiger charge is -2.41. The van der Waals surface area contributed by atoms with Crippen LogP contribution in [0.1, 0.15) is 28.9 Å². The maximum absolute atomic E-state index is 12.6. The number of phenols is 2. The lowest BCUT2D eigenvalue weighted by Crippen LogP contribution is -2.60. The van der Waals surface area contributed by atoms with Crippen LogP contribution in [0.15, 0.2) is 60.7 Å². The Morgan fingerprint density at radius 1 is 0.680 bits per heavy atom. The van der Waals surface area contributed by atoms with E-state index in [4.69, 9.17) is 37.9 Å². The van der Waals surface area contributed by atoms with Crippen LogP contribution in [-0.4, -0.2) is 108 Å². The van der Waals surface area contributed by atoms with E-state index in [1.165, 1.54) is 33.5 Å². The molecule has 0 amide bonds. The Balaban J connectivity index is 1.23. The van der Waals surface area contributed by atoms with Crippen molar-refractivity contribution >= 4 is 5.97 Å². The van der Waals surface area contributed by atoms with Gasteiger partial charge in [-0.3, -0.25) is 4.79 Å². The summed E-state index contributed by atoms with van der Waals surface area (Å²) < 4.78 is 45.5. The van der Waals surface area contributed by atoms with Gasteiger partial charge < -0.3 is 68.5 Å². The molecule has 3 aliphatic rings. The van der Waals surface area contributed by atoms with E-state index in [1.54, 1.807) is 48.5 Å². The van der Waals surface area contributed by atoms with Gasteiger partial charge in [-0.1, -0.05) is 24.3 Å². The number of aliphatic hydroxyl groups excluding tert-OH is 4. The van der Waals surface area contributed by atoms with E-state index in [1.807, 2.05) is 0 Å². The Bertz CT molecular complexity index is 1580. The maximum atomic E-state index is 12.6. The molecule has 0 aliphatic carbocycles. The highest BCUT2D eigenvalue weighted by atomic mass is 16.8. The van der Waals surface area contributed by atoms with E-state index in [-0.39, 0.29) is 29.4 Å².